The number of amides is 1. The zero-order valence-electron chi connectivity index (χ0n) is 33.8. The average Bonchev–Trinajstić information content (AvgIpc) is 3.47. The summed E-state index contributed by atoms with van der Waals surface area (Å²) >= 11 is 0. The molecule has 3 aliphatic rings. The van der Waals surface area contributed by atoms with E-state index in [1.807, 2.05) is 68.4 Å². The molecule has 0 saturated carbocycles. The molecule has 5 rings (SSSR count). The topological polar surface area (TPSA) is 163 Å². The molecule has 0 bridgehead atoms. The second-order valence-electron chi connectivity index (χ2n) is 16.4. The van der Waals surface area contributed by atoms with Crippen LogP contribution < -0.4 is 5.32 Å². The highest BCUT2D eigenvalue weighted by Gasteiger charge is 2.57. The van der Waals surface area contributed by atoms with Gasteiger partial charge in [0.1, 0.15) is 23.9 Å². The van der Waals surface area contributed by atoms with Gasteiger partial charge >= 0.3 is 12.1 Å². The molecule has 55 heavy (non-hydrogen) atoms. The maximum Gasteiger partial charge on any atom is 0.408 e. The predicted molar refractivity (Wildman–Crippen MR) is 206 cm³/mol. The number of carbonyl (C=O) groups is 4. The van der Waals surface area contributed by atoms with Crippen molar-refractivity contribution in [3.63, 3.8) is 0 Å². The van der Waals surface area contributed by atoms with Gasteiger partial charge in [0.25, 0.3) is 0 Å². The number of likely N-dealkylation sites (N-methyl/N-ethyl adjacent to an activating group) is 1. The molecular formula is C42H59N3O10. The number of hydrogen-bond acceptors (Lipinski definition) is 12. The minimum atomic E-state index is -1.38. The molecular weight excluding hydrogens is 706 g/mol. The molecule has 0 aliphatic carbocycles. The first kappa shape index (κ1) is 42.4. The smallest absolute Gasteiger partial charge is 0.408 e. The van der Waals surface area contributed by atoms with Gasteiger partial charge in [-0.25, -0.2) is 4.79 Å². The van der Waals surface area contributed by atoms with E-state index in [0.717, 1.165) is 16.5 Å². The lowest BCUT2D eigenvalue weighted by Crippen LogP contribution is -2.60. The molecule has 3 aliphatic heterocycles. The number of cyclic esters (lactones) is 1. The Morgan fingerprint density at radius 2 is 1.75 bits per heavy atom. The lowest BCUT2D eigenvalue weighted by Gasteiger charge is -2.47. The number of fused-ring (bicyclic) bond motifs is 2. The molecule has 13 heteroatoms. The van der Waals surface area contributed by atoms with Crippen molar-refractivity contribution in [2.45, 2.75) is 129 Å². The van der Waals surface area contributed by atoms with Gasteiger partial charge in [-0.05, 0) is 78.7 Å². The molecule has 302 valence electrons. The molecule has 1 aromatic carbocycles. The number of pyridine rings is 1. The number of aromatic nitrogens is 1. The van der Waals surface area contributed by atoms with E-state index in [1.165, 1.54) is 6.92 Å². The van der Waals surface area contributed by atoms with Crippen molar-refractivity contribution in [1.29, 1.82) is 0 Å². The summed E-state index contributed by atoms with van der Waals surface area (Å²) in [5, 5.41) is 15.4. The molecule has 13 atom stereocenters. The Labute approximate surface area is 324 Å². The number of nitrogens with one attached hydrogen (secondary N) is 1. The summed E-state index contributed by atoms with van der Waals surface area (Å²) in [7, 11) is 3.74. The summed E-state index contributed by atoms with van der Waals surface area (Å²) in [5.74, 6) is -5.12. The highest BCUT2D eigenvalue weighted by molar-refractivity contribution is 6.00. The third kappa shape index (κ3) is 8.96. The molecule has 0 unspecified atom stereocenters. The van der Waals surface area contributed by atoms with Crippen LogP contribution in [0.1, 0.15) is 80.2 Å². The average molecular weight is 766 g/mol. The van der Waals surface area contributed by atoms with Crippen molar-refractivity contribution in [2.24, 2.45) is 23.7 Å². The third-order valence-electron chi connectivity index (χ3n) is 11.9. The largest absolute Gasteiger partial charge is 0.458 e. The van der Waals surface area contributed by atoms with Crippen molar-refractivity contribution in [3.05, 3.63) is 48.2 Å². The first-order valence-corrected chi connectivity index (χ1v) is 19.5. The Kier molecular flexibility index (Phi) is 13.2. The summed E-state index contributed by atoms with van der Waals surface area (Å²) < 4.78 is 31.4. The van der Waals surface area contributed by atoms with Crippen molar-refractivity contribution in [3.8, 4) is 0 Å². The molecule has 13 nitrogen and oxygen atoms in total. The molecule has 2 aromatic rings. The Balaban J connectivity index is 1.56. The number of rotatable bonds is 8. The monoisotopic (exact) mass is 765 g/mol. The summed E-state index contributed by atoms with van der Waals surface area (Å²) in [6, 6.07) is 8.70. The van der Waals surface area contributed by atoms with E-state index >= 15 is 0 Å². The number of aliphatic hydroxyl groups excluding tert-OH is 1. The summed E-state index contributed by atoms with van der Waals surface area (Å²) in [6.07, 6.45) is 1.12. The summed E-state index contributed by atoms with van der Waals surface area (Å²) in [6.45, 7) is 13.8. The maximum atomic E-state index is 14.4. The van der Waals surface area contributed by atoms with Crippen LogP contribution in [0.5, 0.6) is 0 Å². The highest BCUT2D eigenvalue weighted by Crippen LogP contribution is 2.40. The van der Waals surface area contributed by atoms with Crippen LogP contribution in [0.15, 0.2) is 42.6 Å². The molecule has 0 spiro atoms. The van der Waals surface area contributed by atoms with Gasteiger partial charge in [-0.15, -0.1) is 0 Å². The molecule has 3 saturated heterocycles. The van der Waals surface area contributed by atoms with E-state index < -0.39 is 83.4 Å². The van der Waals surface area contributed by atoms with Crippen LogP contribution in [0, 0.1) is 23.7 Å². The molecule has 3 fully saturated rings. The number of para-hydroxylation sites is 1. The Morgan fingerprint density at radius 3 is 2.44 bits per heavy atom. The van der Waals surface area contributed by atoms with Crippen LogP contribution in [-0.2, 0) is 38.1 Å². The van der Waals surface area contributed by atoms with E-state index in [0.29, 0.717) is 6.42 Å². The van der Waals surface area contributed by atoms with Gasteiger partial charge in [-0.2, -0.15) is 0 Å². The predicted octanol–water partition coefficient (Wildman–Crippen LogP) is 5.11. The molecule has 2 N–H and O–H groups in total. The van der Waals surface area contributed by atoms with Gasteiger partial charge in [-0.1, -0.05) is 58.0 Å². The van der Waals surface area contributed by atoms with Crippen LogP contribution in [-0.4, -0.2) is 113 Å². The van der Waals surface area contributed by atoms with E-state index in [9.17, 15) is 24.3 Å². The van der Waals surface area contributed by atoms with Crippen LogP contribution in [0.4, 0.5) is 4.79 Å². The quantitative estimate of drug-likeness (QED) is 0.270. The lowest BCUT2D eigenvalue weighted by molar-refractivity contribution is -0.296. The summed E-state index contributed by atoms with van der Waals surface area (Å²) in [4.78, 5) is 61.8. The standard InChI is InChI=1S/C42H59N3O10/c1-11-32-42(8)36(44-40(50)55-42)25(4)33(46)23(2)21-41(7,51-18-14-15-28-20-29-16-12-13-17-30(29)43-22-28)37(26(5)34(47)27(6)38(49)53-32)54-39-35(48)31(45(9)10)19-24(3)52-39/h12-17,20,22-27,31-32,35-37,39,48H,11,18-19,21H2,1-10H3,(H,44,50)/b15-14+/t23-,24-,25-,26+,27-,31+,32+,35-,36-,37-,39+,41+,42-/m1/s1. The van der Waals surface area contributed by atoms with Gasteiger partial charge in [0, 0.05) is 35.4 Å². The van der Waals surface area contributed by atoms with Crippen LogP contribution in [0.25, 0.3) is 17.0 Å². The second kappa shape index (κ2) is 17.2. The molecule has 1 amide bonds. The molecule has 4 heterocycles. The second-order valence-corrected chi connectivity index (χ2v) is 16.4. The van der Waals surface area contributed by atoms with Gasteiger partial charge in [0.15, 0.2) is 17.7 Å². The maximum absolute atomic E-state index is 14.4. The fourth-order valence-corrected chi connectivity index (χ4v) is 8.73. The van der Waals surface area contributed by atoms with Gasteiger partial charge in [0.05, 0.1) is 36.0 Å². The number of carbonyl (C=O) groups excluding carboxylic acids is 4. The number of aliphatic hydroxyl groups is 1. The van der Waals surface area contributed by atoms with Gasteiger partial charge in [-0.3, -0.25) is 19.4 Å². The number of ketones is 2. The number of benzene rings is 1. The first-order chi connectivity index (χ1) is 25.9. The van der Waals surface area contributed by atoms with Gasteiger partial charge < -0.3 is 39.0 Å². The SMILES string of the molecule is CC[C@@H]1OC(=O)[C@H](C)C(=O)[C@H](C)[C@@H](O[C@@H]2O[C@H](C)C[C@H](N(C)C)[C@H]2O)[C@@](C)(OC/C=C/c2cnc3ccccc3c2)C[C@@H](C)C(=O)[C@@H](C)[C@H]2NC(=O)O[C@]12C. The van der Waals surface area contributed by atoms with E-state index in [-0.39, 0.29) is 37.4 Å². The fourth-order valence-electron chi connectivity index (χ4n) is 8.73. The number of alkyl carbamates (subject to hydrolysis) is 1. The fraction of sp³-hybridized carbons (Fsp3) is 0.643. The number of nitrogens with zero attached hydrogens (tertiary/aromatic N) is 2. The molecule has 1 aromatic heterocycles. The number of esters is 1. The van der Waals surface area contributed by atoms with Crippen LogP contribution in [0.2, 0.25) is 0 Å². The summed E-state index contributed by atoms with van der Waals surface area (Å²) in [5.41, 5.74) is -1.00. The third-order valence-corrected chi connectivity index (χ3v) is 11.9. The normalized spacial score (nSPS) is 38.1. The number of Topliss-reactive ketones (excluding diaryl/α,β-unsaturated/α-hetero) is 2. The van der Waals surface area contributed by atoms with E-state index in [4.69, 9.17) is 23.7 Å². The van der Waals surface area contributed by atoms with E-state index in [1.54, 1.807) is 47.7 Å². The zero-order chi connectivity index (χ0) is 40.4. The Bertz CT molecular complexity index is 1750. The zero-order valence-corrected chi connectivity index (χ0v) is 33.8. The van der Waals surface area contributed by atoms with E-state index in [2.05, 4.69) is 10.3 Å². The number of hydrogen-bond donors (Lipinski definition) is 2. The van der Waals surface area contributed by atoms with Crippen molar-refractivity contribution >= 4 is 40.6 Å². The van der Waals surface area contributed by atoms with Crippen molar-refractivity contribution in [2.75, 3.05) is 20.7 Å². The van der Waals surface area contributed by atoms with Crippen LogP contribution in [0.3, 0.4) is 0 Å². The van der Waals surface area contributed by atoms with Crippen LogP contribution >= 0.6 is 0 Å². The number of ether oxygens (including phenoxy) is 5. The van der Waals surface area contributed by atoms with Crippen molar-refractivity contribution < 1.29 is 48.0 Å². The minimum Gasteiger partial charge on any atom is -0.458 e. The lowest BCUT2D eigenvalue weighted by atomic mass is 9.73. The first-order valence-electron chi connectivity index (χ1n) is 19.5. The minimum absolute atomic E-state index is 0.0612. The Morgan fingerprint density at radius 1 is 1.04 bits per heavy atom. The van der Waals surface area contributed by atoms with Gasteiger partial charge in [0.2, 0.25) is 0 Å². The Hall–Kier alpha value is -3.75. The van der Waals surface area contributed by atoms with Crippen molar-refractivity contribution in [1.82, 2.24) is 15.2 Å². The highest BCUT2D eigenvalue weighted by atomic mass is 16.7. The molecule has 0 radical (unpaired) electrons.